The maximum absolute atomic E-state index is 11.3. The predicted octanol–water partition coefficient (Wildman–Crippen LogP) is 3.14. The molecule has 2 rings (SSSR count). The second kappa shape index (κ2) is 5.60. The Morgan fingerprint density at radius 3 is 2.33 bits per heavy atom. The molecule has 2 atom stereocenters. The van der Waals surface area contributed by atoms with Gasteiger partial charge in [0.05, 0.1) is 5.92 Å². The molecule has 2 aliphatic rings. The fraction of sp³-hybridized carbons (Fsp3) is 0.933. The summed E-state index contributed by atoms with van der Waals surface area (Å²) in [6.45, 7) is 6.82. The van der Waals surface area contributed by atoms with E-state index in [0.717, 1.165) is 32.4 Å². The molecular formula is C15H27NO2. The highest BCUT2D eigenvalue weighted by Crippen LogP contribution is 2.40. The largest absolute Gasteiger partial charge is 0.481 e. The Labute approximate surface area is 111 Å². The normalized spacial score (nSPS) is 32.6. The van der Waals surface area contributed by atoms with Gasteiger partial charge >= 0.3 is 5.97 Å². The van der Waals surface area contributed by atoms with Gasteiger partial charge in [0.25, 0.3) is 0 Å². The first kappa shape index (κ1) is 13.9. The molecule has 1 heterocycles. The smallest absolute Gasteiger partial charge is 0.308 e. The van der Waals surface area contributed by atoms with Gasteiger partial charge in [-0.2, -0.15) is 0 Å². The lowest BCUT2D eigenvalue weighted by molar-refractivity contribution is -0.143. The van der Waals surface area contributed by atoms with Crippen LogP contribution in [0.4, 0.5) is 0 Å². The van der Waals surface area contributed by atoms with Gasteiger partial charge < -0.3 is 5.11 Å². The van der Waals surface area contributed by atoms with Crippen molar-refractivity contribution in [3.05, 3.63) is 0 Å². The molecule has 0 bridgehead atoms. The van der Waals surface area contributed by atoms with Gasteiger partial charge in [-0.1, -0.05) is 33.1 Å². The number of carboxylic acids is 1. The lowest BCUT2D eigenvalue weighted by Crippen LogP contribution is -2.47. The Balaban J connectivity index is 1.95. The molecule has 1 saturated carbocycles. The van der Waals surface area contributed by atoms with Crippen molar-refractivity contribution in [1.29, 1.82) is 0 Å². The number of aliphatic carboxylic acids is 1. The first-order chi connectivity index (χ1) is 8.62. The zero-order valence-corrected chi connectivity index (χ0v) is 11.8. The average Bonchev–Trinajstić information content (AvgIpc) is 2.88. The summed E-state index contributed by atoms with van der Waals surface area (Å²) in [7, 11) is 0. The molecule has 1 aliphatic heterocycles. The van der Waals surface area contributed by atoms with Gasteiger partial charge in [-0.15, -0.1) is 0 Å². The van der Waals surface area contributed by atoms with Crippen LogP contribution in [0, 0.1) is 11.3 Å². The minimum absolute atomic E-state index is 0.110. The molecule has 1 saturated heterocycles. The van der Waals surface area contributed by atoms with Gasteiger partial charge in [0.1, 0.15) is 0 Å². The fourth-order valence-electron chi connectivity index (χ4n) is 3.95. The molecule has 0 radical (unpaired) electrons. The number of carboxylic acid groups (broad SMARTS) is 1. The second-order valence-electron chi connectivity index (χ2n) is 6.19. The predicted molar refractivity (Wildman–Crippen MR) is 72.6 cm³/mol. The van der Waals surface area contributed by atoms with Crippen molar-refractivity contribution < 1.29 is 9.90 Å². The number of hydrogen-bond donors (Lipinski definition) is 1. The van der Waals surface area contributed by atoms with Crippen molar-refractivity contribution in [2.75, 3.05) is 13.1 Å². The Morgan fingerprint density at radius 1 is 1.22 bits per heavy atom. The van der Waals surface area contributed by atoms with Crippen molar-refractivity contribution in [3.8, 4) is 0 Å². The zero-order chi connectivity index (χ0) is 13.2. The SMILES string of the molecule is CCC1(CC)CCN(C2CCCC2C(=O)O)CC1. The van der Waals surface area contributed by atoms with Gasteiger partial charge in [0.2, 0.25) is 0 Å². The van der Waals surface area contributed by atoms with E-state index in [1.165, 1.54) is 25.7 Å². The molecule has 3 heteroatoms. The average molecular weight is 253 g/mol. The van der Waals surface area contributed by atoms with E-state index < -0.39 is 5.97 Å². The van der Waals surface area contributed by atoms with Crippen LogP contribution in [0.5, 0.6) is 0 Å². The number of hydrogen-bond acceptors (Lipinski definition) is 2. The quantitative estimate of drug-likeness (QED) is 0.836. The molecule has 104 valence electrons. The van der Waals surface area contributed by atoms with Crippen LogP contribution in [-0.4, -0.2) is 35.1 Å². The lowest BCUT2D eigenvalue weighted by Gasteiger charge is -2.44. The van der Waals surface area contributed by atoms with Gasteiger partial charge in [-0.25, -0.2) is 0 Å². The van der Waals surface area contributed by atoms with E-state index in [0.29, 0.717) is 11.5 Å². The Kier molecular flexibility index (Phi) is 4.31. The van der Waals surface area contributed by atoms with E-state index in [4.69, 9.17) is 0 Å². The highest BCUT2D eigenvalue weighted by atomic mass is 16.4. The van der Waals surface area contributed by atoms with Crippen molar-refractivity contribution >= 4 is 5.97 Å². The molecule has 0 spiro atoms. The first-order valence-corrected chi connectivity index (χ1v) is 7.59. The number of carbonyl (C=O) groups is 1. The Morgan fingerprint density at radius 2 is 1.83 bits per heavy atom. The molecule has 2 unspecified atom stereocenters. The minimum Gasteiger partial charge on any atom is -0.481 e. The third kappa shape index (κ3) is 2.56. The highest BCUT2D eigenvalue weighted by molar-refractivity contribution is 5.71. The standard InChI is InChI=1S/C15H27NO2/c1-3-15(4-2)8-10-16(11-9-15)13-7-5-6-12(13)14(17)18/h12-13H,3-11H2,1-2H3,(H,17,18). The molecule has 0 aromatic carbocycles. The fourth-order valence-corrected chi connectivity index (χ4v) is 3.95. The van der Waals surface area contributed by atoms with Crippen molar-refractivity contribution in [3.63, 3.8) is 0 Å². The Hall–Kier alpha value is -0.570. The van der Waals surface area contributed by atoms with Crippen molar-refractivity contribution in [2.45, 2.75) is 64.8 Å². The van der Waals surface area contributed by atoms with Crippen LogP contribution in [0.3, 0.4) is 0 Å². The van der Waals surface area contributed by atoms with E-state index in [1.54, 1.807) is 0 Å². The summed E-state index contributed by atoms with van der Waals surface area (Å²) >= 11 is 0. The molecule has 18 heavy (non-hydrogen) atoms. The topological polar surface area (TPSA) is 40.5 Å². The molecule has 1 aliphatic carbocycles. The van der Waals surface area contributed by atoms with Gasteiger partial charge in [-0.05, 0) is 44.2 Å². The monoisotopic (exact) mass is 253 g/mol. The summed E-state index contributed by atoms with van der Waals surface area (Å²) in [4.78, 5) is 13.7. The number of nitrogens with zero attached hydrogens (tertiary/aromatic N) is 1. The molecule has 1 N–H and O–H groups in total. The van der Waals surface area contributed by atoms with E-state index >= 15 is 0 Å². The van der Waals surface area contributed by atoms with Crippen LogP contribution in [0.25, 0.3) is 0 Å². The third-order valence-electron chi connectivity index (χ3n) is 5.62. The van der Waals surface area contributed by atoms with E-state index in [9.17, 15) is 9.90 Å². The number of piperidine rings is 1. The minimum atomic E-state index is -0.583. The summed E-state index contributed by atoms with van der Waals surface area (Å²) in [6.07, 6.45) is 8.09. The van der Waals surface area contributed by atoms with Crippen LogP contribution >= 0.6 is 0 Å². The summed E-state index contributed by atoms with van der Waals surface area (Å²) in [5.41, 5.74) is 0.536. The van der Waals surface area contributed by atoms with E-state index in [1.807, 2.05) is 0 Å². The second-order valence-corrected chi connectivity index (χ2v) is 6.19. The maximum atomic E-state index is 11.3. The van der Waals surface area contributed by atoms with Crippen molar-refractivity contribution in [1.82, 2.24) is 4.90 Å². The van der Waals surface area contributed by atoms with Gasteiger partial charge in [-0.3, -0.25) is 9.69 Å². The summed E-state index contributed by atoms with van der Waals surface area (Å²) in [5, 5.41) is 9.28. The lowest BCUT2D eigenvalue weighted by atomic mass is 9.74. The van der Waals surface area contributed by atoms with Crippen LogP contribution in [-0.2, 0) is 4.79 Å². The van der Waals surface area contributed by atoms with Crippen LogP contribution in [0.2, 0.25) is 0 Å². The van der Waals surface area contributed by atoms with Crippen molar-refractivity contribution in [2.24, 2.45) is 11.3 Å². The number of likely N-dealkylation sites (tertiary alicyclic amines) is 1. The van der Waals surface area contributed by atoms with E-state index in [-0.39, 0.29) is 5.92 Å². The van der Waals surface area contributed by atoms with Gasteiger partial charge in [0, 0.05) is 6.04 Å². The summed E-state index contributed by atoms with van der Waals surface area (Å²) < 4.78 is 0. The zero-order valence-electron chi connectivity index (χ0n) is 11.8. The van der Waals surface area contributed by atoms with E-state index in [2.05, 4.69) is 18.7 Å². The van der Waals surface area contributed by atoms with Crippen LogP contribution in [0.1, 0.15) is 58.8 Å². The molecule has 0 amide bonds. The summed E-state index contributed by atoms with van der Waals surface area (Å²) in [6, 6.07) is 0.314. The van der Waals surface area contributed by atoms with Crippen LogP contribution in [0.15, 0.2) is 0 Å². The maximum Gasteiger partial charge on any atom is 0.308 e. The first-order valence-electron chi connectivity index (χ1n) is 7.59. The third-order valence-corrected chi connectivity index (χ3v) is 5.62. The molecule has 3 nitrogen and oxygen atoms in total. The number of rotatable bonds is 4. The molecule has 0 aromatic rings. The van der Waals surface area contributed by atoms with Gasteiger partial charge in [0.15, 0.2) is 0 Å². The Bertz CT molecular complexity index is 289. The molecule has 2 fully saturated rings. The molecular weight excluding hydrogens is 226 g/mol. The highest BCUT2D eigenvalue weighted by Gasteiger charge is 2.40. The van der Waals surface area contributed by atoms with Crippen LogP contribution < -0.4 is 0 Å². The molecule has 0 aromatic heterocycles. The summed E-state index contributed by atoms with van der Waals surface area (Å²) in [5.74, 6) is -0.693.